The third kappa shape index (κ3) is 3.84. The van der Waals surface area contributed by atoms with Gasteiger partial charge in [-0.15, -0.1) is 12.4 Å². The Hall–Kier alpha value is -0.320. The molecule has 5 heteroatoms. The number of carbonyl (C=O) groups is 1. The predicted molar refractivity (Wildman–Crippen MR) is 74.0 cm³/mol. The molecule has 0 saturated carbocycles. The van der Waals surface area contributed by atoms with Gasteiger partial charge in [0.15, 0.2) is 0 Å². The number of nitrogens with zero attached hydrogens (tertiary/aromatic N) is 1. The Bertz CT molecular complexity index is 260. The fraction of sp³-hybridized carbons (Fsp3) is 0.923. The van der Waals surface area contributed by atoms with Crippen LogP contribution in [0.1, 0.15) is 33.1 Å². The first-order valence-corrected chi connectivity index (χ1v) is 6.78. The molecule has 2 fully saturated rings. The summed E-state index contributed by atoms with van der Waals surface area (Å²) >= 11 is 0. The highest BCUT2D eigenvalue weighted by Gasteiger charge is 2.29. The average Bonchev–Trinajstić information content (AvgIpc) is 2.79. The Morgan fingerprint density at radius 2 is 2.00 bits per heavy atom. The van der Waals surface area contributed by atoms with E-state index in [2.05, 4.69) is 19.2 Å². The van der Waals surface area contributed by atoms with Crippen molar-refractivity contribution in [3.63, 3.8) is 0 Å². The van der Waals surface area contributed by atoms with Gasteiger partial charge in [-0.1, -0.05) is 0 Å². The number of morpholine rings is 1. The van der Waals surface area contributed by atoms with Crippen molar-refractivity contribution in [1.82, 2.24) is 10.2 Å². The molecule has 0 aliphatic carbocycles. The van der Waals surface area contributed by atoms with E-state index in [-0.39, 0.29) is 24.5 Å². The van der Waals surface area contributed by atoms with Gasteiger partial charge >= 0.3 is 0 Å². The lowest BCUT2D eigenvalue weighted by molar-refractivity contribution is -0.144. The molecule has 106 valence electrons. The molecule has 2 aliphatic rings. The van der Waals surface area contributed by atoms with Crippen molar-refractivity contribution in [1.29, 1.82) is 0 Å². The van der Waals surface area contributed by atoms with Crippen molar-refractivity contribution in [2.75, 3.05) is 26.3 Å². The summed E-state index contributed by atoms with van der Waals surface area (Å²) in [6, 6.07) is 0.459. The third-order valence-electron chi connectivity index (χ3n) is 3.88. The van der Waals surface area contributed by atoms with Crippen molar-refractivity contribution in [3.8, 4) is 0 Å². The van der Waals surface area contributed by atoms with Crippen LogP contribution in [0.15, 0.2) is 0 Å². The van der Waals surface area contributed by atoms with Gasteiger partial charge in [0, 0.05) is 6.42 Å². The third-order valence-corrected chi connectivity index (χ3v) is 3.88. The van der Waals surface area contributed by atoms with E-state index in [9.17, 15) is 4.79 Å². The first kappa shape index (κ1) is 15.7. The SMILES string of the molecule is CC1COCC(C)N1C(=O)CCC1CCNC1.Cl. The van der Waals surface area contributed by atoms with Crippen molar-refractivity contribution < 1.29 is 9.53 Å². The highest BCUT2D eigenvalue weighted by molar-refractivity contribution is 5.85. The summed E-state index contributed by atoms with van der Waals surface area (Å²) in [5, 5.41) is 3.35. The summed E-state index contributed by atoms with van der Waals surface area (Å²) in [5.74, 6) is 1.01. The standard InChI is InChI=1S/C13H24N2O2.ClH/c1-10-8-17-9-11(2)15(10)13(16)4-3-12-5-6-14-7-12;/h10-12,14H,3-9H2,1-2H3;1H. The average molecular weight is 277 g/mol. The van der Waals surface area contributed by atoms with Gasteiger partial charge < -0.3 is 15.0 Å². The number of ether oxygens (including phenoxy) is 1. The van der Waals surface area contributed by atoms with Crippen LogP contribution in [0.5, 0.6) is 0 Å². The summed E-state index contributed by atoms with van der Waals surface area (Å²) in [4.78, 5) is 14.2. The van der Waals surface area contributed by atoms with Gasteiger partial charge in [-0.05, 0) is 45.7 Å². The number of carbonyl (C=O) groups excluding carboxylic acids is 1. The van der Waals surface area contributed by atoms with E-state index in [0.717, 1.165) is 19.5 Å². The van der Waals surface area contributed by atoms with Crippen LogP contribution in [0.25, 0.3) is 0 Å². The van der Waals surface area contributed by atoms with Crippen molar-refractivity contribution in [2.24, 2.45) is 5.92 Å². The van der Waals surface area contributed by atoms with Crippen LogP contribution in [0, 0.1) is 5.92 Å². The molecule has 0 aromatic heterocycles. The van der Waals surface area contributed by atoms with E-state index in [1.165, 1.54) is 6.42 Å². The van der Waals surface area contributed by atoms with Crippen LogP contribution < -0.4 is 5.32 Å². The minimum atomic E-state index is 0. The second kappa shape index (κ2) is 7.31. The molecule has 2 rings (SSSR count). The highest BCUT2D eigenvalue weighted by atomic mass is 35.5. The molecule has 18 heavy (non-hydrogen) atoms. The van der Waals surface area contributed by atoms with E-state index >= 15 is 0 Å². The molecule has 0 radical (unpaired) electrons. The Balaban J connectivity index is 0.00000162. The topological polar surface area (TPSA) is 41.6 Å². The molecule has 0 aromatic carbocycles. The molecule has 1 N–H and O–H groups in total. The molecule has 2 heterocycles. The summed E-state index contributed by atoms with van der Waals surface area (Å²) in [5.41, 5.74) is 0. The first-order valence-electron chi connectivity index (χ1n) is 6.78. The van der Waals surface area contributed by atoms with Gasteiger partial charge in [0.1, 0.15) is 0 Å². The fourth-order valence-corrected chi connectivity index (χ4v) is 2.91. The van der Waals surface area contributed by atoms with E-state index in [4.69, 9.17) is 4.74 Å². The Kier molecular flexibility index (Phi) is 6.39. The maximum Gasteiger partial charge on any atom is 0.223 e. The number of halogens is 1. The van der Waals surface area contributed by atoms with Gasteiger partial charge in [-0.3, -0.25) is 4.79 Å². The second-order valence-corrected chi connectivity index (χ2v) is 5.43. The number of nitrogens with one attached hydrogen (secondary N) is 1. The Labute approximate surface area is 116 Å². The summed E-state index contributed by atoms with van der Waals surface area (Å²) in [6.07, 6.45) is 2.95. The van der Waals surface area contributed by atoms with Gasteiger partial charge in [0.2, 0.25) is 5.91 Å². The van der Waals surface area contributed by atoms with E-state index < -0.39 is 0 Å². The second-order valence-electron chi connectivity index (χ2n) is 5.43. The summed E-state index contributed by atoms with van der Waals surface area (Å²) in [7, 11) is 0. The molecule has 1 amide bonds. The fourth-order valence-electron chi connectivity index (χ4n) is 2.91. The summed E-state index contributed by atoms with van der Waals surface area (Å²) < 4.78 is 5.45. The monoisotopic (exact) mass is 276 g/mol. The van der Waals surface area contributed by atoms with Gasteiger partial charge in [-0.2, -0.15) is 0 Å². The lowest BCUT2D eigenvalue weighted by Crippen LogP contribution is -2.52. The van der Waals surface area contributed by atoms with Crippen molar-refractivity contribution >= 4 is 18.3 Å². The van der Waals surface area contributed by atoms with Crippen LogP contribution in [-0.2, 0) is 9.53 Å². The van der Waals surface area contributed by atoms with E-state index in [0.29, 0.717) is 31.5 Å². The number of hydrogen-bond acceptors (Lipinski definition) is 3. The molecule has 3 atom stereocenters. The minimum Gasteiger partial charge on any atom is -0.377 e. The van der Waals surface area contributed by atoms with Crippen LogP contribution in [0.4, 0.5) is 0 Å². The normalized spacial score (nSPS) is 32.1. The molecule has 3 unspecified atom stereocenters. The molecule has 0 spiro atoms. The quantitative estimate of drug-likeness (QED) is 0.848. The zero-order valence-corrected chi connectivity index (χ0v) is 12.2. The van der Waals surface area contributed by atoms with Crippen molar-refractivity contribution in [2.45, 2.75) is 45.2 Å². The molecular formula is C13H25ClN2O2. The zero-order chi connectivity index (χ0) is 12.3. The molecular weight excluding hydrogens is 252 g/mol. The van der Waals surface area contributed by atoms with Crippen molar-refractivity contribution in [3.05, 3.63) is 0 Å². The van der Waals surface area contributed by atoms with Crippen LogP contribution >= 0.6 is 12.4 Å². The lowest BCUT2D eigenvalue weighted by atomic mass is 10.0. The van der Waals surface area contributed by atoms with Gasteiger partial charge in [-0.25, -0.2) is 0 Å². The maximum atomic E-state index is 12.2. The molecule has 4 nitrogen and oxygen atoms in total. The van der Waals surface area contributed by atoms with Crippen LogP contribution in [0.2, 0.25) is 0 Å². The molecule has 2 saturated heterocycles. The first-order chi connectivity index (χ1) is 8.18. The minimum absolute atomic E-state index is 0. The number of rotatable bonds is 3. The Morgan fingerprint density at radius 1 is 1.33 bits per heavy atom. The molecule has 0 aromatic rings. The predicted octanol–water partition coefficient (Wildman–Crippen LogP) is 1.43. The van der Waals surface area contributed by atoms with Gasteiger partial charge in [0.05, 0.1) is 25.3 Å². The Morgan fingerprint density at radius 3 is 2.56 bits per heavy atom. The number of amides is 1. The molecule has 0 bridgehead atoms. The smallest absolute Gasteiger partial charge is 0.223 e. The lowest BCUT2D eigenvalue weighted by Gasteiger charge is -2.39. The van der Waals surface area contributed by atoms with E-state index in [1.54, 1.807) is 0 Å². The molecule has 2 aliphatic heterocycles. The zero-order valence-electron chi connectivity index (χ0n) is 11.4. The summed E-state index contributed by atoms with van der Waals surface area (Å²) in [6.45, 7) is 7.71. The maximum absolute atomic E-state index is 12.2. The highest BCUT2D eigenvalue weighted by Crippen LogP contribution is 2.19. The van der Waals surface area contributed by atoms with Crippen LogP contribution in [0.3, 0.4) is 0 Å². The largest absolute Gasteiger partial charge is 0.377 e. The number of hydrogen-bond donors (Lipinski definition) is 1. The van der Waals surface area contributed by atoms with Crippen LogP contribution in [-0.4, -0.2) is 49.2 Å². The van der Waals surface area contributed by atoms with Gasteiger partial charge in [0.25, 0.3) is 0 Å². The van der Waals surface area contributed by atoms with E-state index in [1.807, 2.05) is 4.90 Å².